The van der Waals surface area contributed by atoms with Gasteiger partial charge < -0.3 is 5.73 Å². The second-order valence-electron chi connectivity index (χ2n) is 3.40. The van der Waals surface area contributed by atoms with Crippen LogP contribution in [0.2, 0.25) is 5.02 Å². The molecule has 0 unspecified atom stereocenters. The van der Waals surface area contributed by atoms with Crippen LogP contribution in [0.4, 0.5) is 0 Å². The van der Waals surface area contributed by atoms with Gasteiger partial charge in [0.15, 0.2) is 0 Å². The van der Waals surface area contributed by atoms with Gasteiger partial charge in [-0.15, -0.1) is 21.5 Å². The van der Waals surface area contributed by atoms with Gasteiger partial charge in [0.1, 0.15) is 10.0 Å². The maximum atomic E-state index is 6.08. The number of hydrogen-bond acceptors (Lipinski definition) is 4. The molecule has 0 amide bonds. The highest BCUT2D eigenvalue weighted by molar-refractivity contribution is 7.11. The number of rotatable bonds is 4. The van der Waals surface area contributed by atoms with Gasteiger partial charge in [0, 0.05) is 17.9 Å². The molecule has 1 heterocycles. The van der Waals surface area contributed by atoms with E-state index in [2.05, 4.69) is 10.2 Å². The lowest BCUT2D eigenvalue weighted by molar-refractivity contribution is 0.898. The topological polar surface area (TPSA) is 51.8 Å². The first kappa shape index (κ1) is 11.5. The van der Waals surface area contributed by atoms with Crippen molar-refractivity contribution in [1.29, 1.82) is 0 Å². The van der Waals surface area contributed by atoms with Gasteiger partial charge in [-0.2, -0.15) is 0 Å². The molecule has 0 spiro atoms. The standard InChI is InChI=1S/C11H12ClN3S/c12-9-4-2-1-3-8(9)7-11-15-14-10(16-11)5-6-13/h1-4H,5-7,13H2. The van der Waals surface area contributed by atoms with E-state index in [-0.39, 0.29) is 0 Å². The summed E-state index contributed by atoms with van der Waals surface area (Å²) in [7, 11) is 0. The average Bonchev–Trinajstić information content (AvgIpc) is 2.70. The van der Waals surface area contributed by atoms with Crippen LogP contribution in [0.25, 0.3) is 0 Å². The Bertz CT molecular complexity index is 470. The monoisotopic (exact) mass is 253 g/mol. The number of benzene rings is 1. The van der Waals surface area contributed by atoms with Crippen LogP contribution in [0.3, 0.4) is 0 Å². The predicted octanol–water partition coefficient (Wildman–Crippen LogP) is 2.28. The normalized spacial score (nSPS) is 10.6. The Balaban J connectivity index is 2.11. The molecule has 0 saturated carbocycles. The molecule has 16 heavy (non-hydrogen) atoms. The van der Waals surface area contributed by atoms with Gasteiger partial charge in [0.25, 0.3) is 0 Å². The number of nitrogens with zero attached hydrogens (tertiary/aromatic N) is 2. The minimum Gasteiger partial charge on any atom is -0.330 e. The summed E-state index contributed by atoms with van der Waals surface area (Å²) in [6.07, 6.45) is 1.53. The summed E-state index contributed by atoms with van der Waals surface area (Å²) < 4.78 is 0. The second-order valence-corrected chi connectivity index (χ2v) is 4.95. The second kappa shape index (κ2) is 5.39. The lowest BCUT2D eigenvalue weighted by Gasteiger charge is -1.99. The number of halogens is 1. The Morgan fingerprint density at radius 1 is 1.19 bits per heavy atom. The fourth-order valence-corrected chi connectivity index (χ4v) is 2.47. The summed E-state index contributed by atoms with van der Waals surface area (Å²) in [5, 5.41) is 11.0. The first-order chi connectivity index (χ1) is 7.79. The van der Waals surface area contributed by atoms with Crippen LogP contribution in [0, 0.1) is 0 Å². The fourth-order valence-electron chi connectivity index (χ4n) is 1.39. The zero-order chi connectivity index (χ0) is 11.4. The summed E-state index contributed by atoms with van der Waals surface area (Å²) in [5.74, 6) is 0. The van der Waals surface area contributed by atoms with Crippen LogP contribution < -0.4 is 5.73 Å². The zero-order valence-electron chi connectivity index (χ0n) is 8.69. The molecule has 0 radical (unpaired) electrons. The molecule has 0 aliphatic rings. The molecule has 2 rings (SSSR count). The Kier molecular flexibility index (Phi) is 3.88. The molecule has 1 aromatic heterocycles. The maximum Gasteiger partial charge on any atom is 0.121 e. The van der Waals surface area contributed by atoms with Crippen LogP contribution in [0.1, 0.15) is 15.6 Å². The van der Waals surface area contributed by atoms with Crippen molar-refractivity contribution in [2.75, 3.05) is 6.54 Å². The van der Waals surface area contributed by atoms with Gasteiger partial charge >= 0.3 is 0 Å². The Morgan fingerprint density at radius 2 is 1.94 bits per heavy atom. The van der Waals surface area contributed by atoms with Gasteiger partial charge in [0.05, 0.1) is 0 Å². The van der Waals surface area contributed by atoms with Crippen molar-refractivity contribution in [3.63, 3.8) is 0 Å². The molecular weight excluding hydrogens is 242 g/mol. The van der Waals surface area contributed by atoms with Gasteiger partial charge in [0.2, 0.25) is 0 Å². The quantitative estimate of drug-likeness (QED) is 0.910. The molecule has 0 aliphatic carbocycles. The van der Waals surface area contributed by atoms with Crippen molar-refractivity contribution in [2.45, 2.75) is 12.8 Å². The van der Waals surface area contributed by atoms with E-state index >= 15 is 0 Å². The molecule has 0 aliphatic heterocycles. The molecule has 0 atom stereocenters. The van der Waals surface area contributed by atoms with Crippen LogP contribution >= 0.6 is 22.9 Å². The Hall–Kier alpha value is -0.970. The van der Waals surface area contributed by atoms with E-state index in [4.69, 9.17) is 17.3 Å². The van der Waals surface area contributed by atoms with Crippen molar-refractivity contribution in [1.82, 2.24) is 10.2 Å². The van der Waals surface area contributed by atoms with E-state index in [1.165, 1.54) is 0 Å². The molecule has 0 saturated heterocycles. The van der Waals surface area contributed by atoms with Crippen molar-refractivity contribution >= 4 is 22.9 Å². The fraction of sp³-hybridized carbons (Fsp3) is 0.273. The first-order valence-corrected chi connectivity index (χ1v) is 6.24. The van der Waals surface area contributed by atoms with E-state index < -0.39 is 0 Å². The Morgan fingerprint density at radius 3 is 2.69 bits per heavy atom. The summed E-state index contributed by atoms with van der Waals surface area (Å²) >= 11 is 7.68. The van der Waals surface area contributed by atoms with E-state index in [0.717, 1.165) is 33.4 Å². The van der Waals surface area contributed by atoms with Crippen LogP contribution in [0.15, 0.2) is 24.3 Å². The molecule has 1 aromatic carbocycles. The molecule has 3 nitrogen and oxygen atoms in total. The van der Waals surface area contributed by atoms with E-state index in [9.17, 15) is 0 Å². The van der Waals surface area contributed by atoms with Crippen molar-refractivity contribution < 1.29 is 0 Å². The smallest absolute Gasteiger partial charge is 0.121 e. The highest BCUT2D eigenvalue weighted by Crippen LogP contribution is 2.20. The molecule has 84 valence electrons. The van der Waals surface area contributed by atoms with Crippen LogP contribution in [0.5, 0.6) is 0 Å². The summed E-state index contributed by atoms with van der Waals surface area (Å²) in [6, 6.07) is 7.79. The molecule has 0 bridgehead atoms. The first-order valence-electron chi connectivity index (χ1n) is 5.04. The summed E-state index contributed by atoms with van der Waals surface area (Å²) in [5.41, 5.74) is 6.55. The third-order valence-electron chi connectivity index (χ3n) is 2.17. The molecule has 2 N–H and O–H groups in total. The van der Waals surface area contributed by atoms with Gasteiger partial charge in [-0.25, -0.2) is 0 Å². The van der Waals surface area contributed by atoms with Gasteiger partial charge in [-0.05, 0) is 18.2 Å². The van der Waals surface area contributed by atoms with E-state index in [1.807, 2.05) is 24.3 Å². The highest BCUT2D eigenvalue weighted by atomic mass is 35.5. The van der Waals surface area contributed by atoms with E-state index in [1.54, 1.807) is 11.3 Å². The van der Waals surface area contributed by atoms with Crippen molar-refractivity contribution in [3.8, 4) is 0 Å². The largest absolute Gasteiger partial charge is 0.330 e. The molecule has 5 heteroatoms. The third kappa shape index (κ3) is 2.78. The van der Waals surface area contributed by atoms with Crippen molar-refractivity contribution in [2.24, 2.45) is 5.73 Å². The lowest BCUT2D eigenvalue weighted by atomic mass is 10.2. The Labute approximate surface area is 103 Å². The number of hydrogen-bond donors (Lipinski definition) is 1. The highest BCUT2D eigenvalue weighted by Gasteiger charge is 2.06. The van der Waals surface area contributed by atoms with Crippen LogP contribution in [-0.4, -0.2) is 16.7 Å². The number of aromatic nitrogens is 2. The van der Waals surface area contributed by atoms with Gasteiger partial charge in [-0.3, -0.25) is 0 Å². The minimum atomic E-state index is 0.612. The van der Waals surface area contributed by atoms with Crippen molar-refractivity contribution in [3.05, 3.63) is 44.9 Å². The average molecular weight is 254 g/mol. The SMILES string of the molecule is NCCc1nnc(Cc2ccccc2Cl)s1. The maximum absolute atomic E-state index is 6.08. The third-order valence-corrected chi connectivity index (χ3v) is 3.52. The molecule has 0 fully saturated rings. The number of nitrogens with two attached hydrogens (primary N) is 1. The van der Waals surface area contributed by atoms with Gasteiger partial charge in [-0.1, -0.05) is 29.8 Å². The van der Waals surface area contributed by atoms with Crippen LogP contribution in [-0.2, 0) is 12.8 Å². The molecular formula is C11H12ClN3S. The predicted molar refractivity (Wildman–Crippen MR) is 66.9 cm³/mol. The summed E-state index contributed by atoms with van der Waals surface area (Å²) in [6.45, 7) is 0.612. The minimum absolute atomic E-state index is 0.612. The summed E-state index contributed by atoms with van der Waals surface area (Å²) in [4.78, 5) is 0. The molecule has 2 aromatic rings. The van der Waals surface area contributed by atoms with E-state index in [0.29, 0.717) is 6.54 Å². The zero-order valence-corrected chi connectivity index (χ0v) is 10.3. The lowest BCUT2D eigenvalue weighted by Crippen LogP contribution is -2.01.